The van der Waals surface area contributed by atoms with E-state index in [-0.39, 0.29) is 29.9 Å². The van der Waals surface area contributed by atoms with Gasteiger partial charge in [0, 0.05) is 51.7 Å². The quantitative estimate of drug-likeness (QED) is 0.284. The van der Waals surface area contributed by atoms with Crippen LogP contribution < -0.4 is 10.6 Å². The predicted molar refractivity (Wildman–Crippen MR) is 117 cm³/mol. The van der Waals surface area contributed by atoms with Crippen LogP contribution in [0.2, 0.25) is 0 Å². The van der Waals surface area contributed by atoms with Gasteiger partial charge in [0.1, 0.15) is 0 Å². The van der Waals surface area contributed by atoms with Crippen molar-refractivity contribution in [3.63, 3.8) is 0 Å². The van der Waals surface area contributed by atoms with E-state index in [0.717, 1.165) is 25.5 Å². The van der Waals surface area contributed by atoms with Crippen LogP contribution in [0.1, 0.15) is 22.5 Å². The Labute approximate surface area is 172 Å². The maximum absolute atomic E-state index is 11.9. The summed E-state index contributed by atoms with van der Waals surface area (Å²) < 4.78 is 2.10. The van der Waals surface area contributed by atoms with Crippen LogP contribution >= 0.6 is 24.0 Å². The Kier molecular flexibility index (Phi) is 9.79. The van der Waals surface area contributed by atoms with E-state index in [4.69, 9.17) is 0 Å². The average Bonchev–Trinajstić information content (AvgIpc) is 3.03. The van der Waals surface area contributed by atoms with Crippen LogP contribution in [0.4, 0.5) is 0 Å². The number of aromatic nitrogens is 1. The van der Waals surface area contributed by atoms with Crippen LogP contribution in [0, 0.1) is 0 Å². The molecule has 0 fully saturated rings. The van der Waals surface area contributed by atoms with Gasteiger partial charge in [-0.2, -0.15) is 0 Å². The molecule has 0 spiro atoms. The van der Waals surface area contributed by atoms with E-state index >= 15 is 0 Å². The van der Waals surface area contributed by atoms with Gasteiger partial charge in [-0.15, -0.1) is 24.0 Å². The number of nitrogens with one attached hydrogen (secondary N) is 2. The second-order valence-corrected chi connectivity index (χ2v) is 5.92. The van der Waals surface area contributed by atoms with Crippen molar-refractivity contribution < 1.29 is 4.79 Å². The number of rotatable bonds is 7. The highest BCUT2D eigenvalue weighted by atomic mass is 127. The fourth-order valence-corrected chi connectivity index (χ4v) is 2.55. The summed E-state index contributed by atoms with van der Waals surface area (Å²) in [5, 5.41) is 6.26. The lowest BCUT2D eigenvalue weighted by Gasteiger charge is -2.22. The van der Waals surface area contributed by atoms with E-state index < -0.39 is 0 Å². The highest BCUT2D eigenvalue weighted by Gasteiger charge is 2.08. The standard InChI is InChI=1S/C19H27N5O.HI/c1-20-19(24(3)15-17-11-7-14-23(17)2)22-13-8-12-21-18(25)16-9-5-4-6-10-16;/h4-7,9-11,14H,8,12-13,15H2,1-3H3,(H,20,22)(H,21,25);1H. The lowest BCUT2D eigenvalue weighted by molar-refractivity contribution is 0.0953. The van der Waals surface area contributed by atoms with E-state index in [2.05, 4.69) is 31.2 Å². The van der Waals surface area contributed by atoms with Gasteiger partial charge in [-0.3, -0.25) is 9.79 Å². The van der Waals surface area contributed by atoms with E-state index in [1.807, 2.05) is 56.7 Å². The van der Waals surface area contributed by atoms with Crippen LogP contribution in [0.3, 0.4) is 0 Å². The molecule has 0 aliphatic rings. The van der Waals surface area contributed by atoms with E-state index in [9.17, 15) is 4.79 Å². The third-order valence-electron chi connectivity index (χ3n) is 3.98. The SMILES string of the molecule is CN=C(NCCCNC(=O)c1ccccc1)N(C)Cc1cccn1C.I. The first-order valence-electron chi connectivity index (χ1n) is 8.47. The van der Waals surface area contributed by atoms with Crippen molar-refractivity contribution in [1.82, 2.24) is 20.1 Å². The molecule has 0 saturated carbocycles. The van der Waals surface area contributed by atoms with Crippen LogP contribution in [-0.2, 0) is 13.6 Å². The van der Waals surface area contributed by atoms with Crippen molar-refractivity contribution in [3.05, 3.63) is 59.9 Å². The number of aliphatic imine (C=N–C) groups is 1. The number of aryl methyl sites for hydroxylation is 1. The summed E-state index contributed by atoms with van der Waals surface area (Å²) in [5.41, 5.74) is 1.91. The summed E-state index contributed by atoms with van der Waals surface area (Å²) in [6.45, 7) is 2.16. The average molecular weight is 469 g/mol. The summed E-state index contributed by atoms with van der Waals surface area (Å²) in [5.74, 6) is 0.807. The molecule has 1 heterocycles. The summed E-state index contributed by atoms with van der Waals surface area (Å²) in [7, 11) is 5.83. The van der Waals surface area contributed by atoms with Gasteiger partial charge in [0.15, 0.2) is 5.96 Å². The number of amides is 1. The van der Waals surface area contributed by atoms with Crippen molar-refractivity contribution in [2.45, 2.75) is 13.0 Å². The van der Waals surface area contributed by atoms with Gasteiger partial charge in [-0.25, -0.2) is 0 Å². The molecule has 1 amide bonds. The Morgan fingerprint density at radius 2 is 1.81 bits per heavy atom. The number of hydrogen-bond donors (Lipinski definition) is 2. The number of carbonyl (C=O) groups excluding carboxylic acids is 1. The largest absolute Gasteiger partial charge is 0.356 e. The summed E-state index contributed by atoms with van der Waals surface area (Å²) in [6, 6.07) is 13.4. The first-order chi connectivity index (χ1) is 12.1. The van der Waals surface area contributed by atoms with Gasteiger partial charge in [-0.05, 0) is 30.7 Å². The monoisotopic (exact) mass is 469 g/mol. The number of benzene rings is 1. The van der Waals surface area contributed by atoms with Crippen molar-refractivity contribution in [2.75, 3.05) is 27.2 Å². The smallest absolute Gasteiger partial charge is 0.251 e. The Hall–Kier alpha value is -2.03. The highest BCUT2D eigenvalue weighted by molar-refractivity contribution is 14.0. The van der Waals surface area contributed by atoms with Gasteiger partial charge in [0.2, 0.25) is 0 Å². The molecule has 6 nitrogen and oxygen atoms in total. The summed E-state index contributed by atoms with van der Waals surface area (Å²) in [4.78, 5) is 18.3. The number of hydrogen-bond acceptors (Lipinski definition) is 2. The molecule has 7 heteroatoms. The van der Waals surface area contributed by atoms with Crippen molar-refractivity contribution >= 4 is 35.8 Å². The van der Waals surface area contributed by atoms with Crippen LogP contribution in [-0.4, -0.2) is 48.5 Å². The molecule has 0 unspecified atom stereocenters. The maximum Gasteiger partial charge on any atom is 0.251 e. The Bertz CT molecular complexity index is 699. The molecule has 0 aliphatic heterocycles. The molecule has 0 saturated heterocycles. The zero-order chi connectivity index (χ0) is 18.1. The molecule has 2 aromatic rings. The van der Waals surface area contributed by atoms with Gasteiger partial charge >= 0.3 is 0 Å². The zero-order valence-electron chi connectivity index (χ0n) is 15.6. The summed E-state index contributed by atoms with van der Waals surface area (Å²) in [6.07, 6.45) is 2.87. The minimum absolute atomic E-state index is 0. The van der Waals surface area contributed by atoms with E-state index in [0.29, 0.717) is 12.1 Å². The van der Waals surface area contributed by atoms with Crippen molar-refractivity contribution in [1.29, 1.82) is 0 Å². The molecule has 0 aliphatic carbocycles. The van der Waals surface area contributed by atoms with Crippen LogP contribution in [0.25, 0.3) is 0 Å². The normalized spacial score (nSPS) is 10.8. The predicted octanol–water partition coefficient (Wildman–Crippen LogP) is 2.47. The Balaban J connectivity index is 0.00000338. The minimum Gasteiger partial charge on any atom is -0.356 e. The molecule has 1 aromatic heterocycles. The molecular weight excluding hydrogens is 441 g/mol. The molecule has 0 atom stereocenters. The fraction of sp³-hybridized carbons (Fsp3) is 0.368. The molecule has 142 valence electrons. The number of nitrogens with zero attached hydrogens (tertiary/aromatic N) is 3. The number of carbonyl (C=O) groups is 1. The van der Waals surface area contributed by atoms with Crippen molar-refractivity contribution in [3.8, 4) is 0 Å². The molecule has 26 heavy (non-hydrogen) atoms. The molecule has 2 rings (SSSR count). The van der Waals surface area contributed by atoms with Gasteiger partial charge < -0.3 is 20.1 Å². The van der Waals surface area contributed by atoms with Crippen LogP contribution in [0.15, 0.2) is 53.7 Å². The lowest BCUT2D eigenvalue weighted by Crippen LogP contribution is -2.40. The summed E-state index contributed by atoms with van der Waals surface area (Å²) >= 11 is 0. The second kappa shape index (κ2) is 11.6. The second-order valence-electron chi connectivity index (χ2n) is 5.92. The van der Waals surface area contributed by atoms with Gasteiger partial charge in [-0.1, -0.05) is 18.2 Å². The van der Waals surface area contributed by atoms with E-state index in [1.54, 1.807) is 7.05 Å². The van der Waals surface area contributed by atoms with Gasteiger partial charge in [0.05, 0.1) is 6.54 Å². The molecular formula is C19H28IN5O. The Morgan fingerprint density at radius 3 is 2.42 bits per heavy atom. The number of halogens is 1. The van der Waals surface area contributed by atoms with Crippen molar-refractivity contribution in [2.24, 2.45) is 12.0 Å². The zero-order valence-corrected chi connectivity index (χ0v) is 17.9. The third kappa shape index (κ3) is 6.70. The molecule has 0 radical (unpaired) electrons. The van der Waals surface area contributed by atoms with E-state index in [1.165, 1.54) is 5.69 Å². The lowest BCUT2D eigenvalue weighted by atomic mass is 10.2. The number of guanidine groups is 1. The van der Waals surface area contributed by atoms with Crippen LogP contribution in [0.5, 0.6) is 0 Å². The Morgan fingerprint density at radius 1 is 1.12 bits per heavy atom. The topological polar surface area (TPSA) is 61.7 Å². The first-order valence-corrected chi connectivity index (χ1v) is 8.47. The highest BCUT2D eigenvalue weighted by Crippen LogP contribution is 2.03. The molecule has 0 bridgehead atoms. The maximum atomic E-state index is 11.9. The van der Waals surface area contributed by atoms with Gasteiger partial charge in [0.25, 0.3) is 5.91 Å². The molecule has 2 N–H and O–H groups in total. The third-order valence-corrected chi connectivity index (χ3v) is 3.98. The molecule has 1 aromatic carbocycles. The first kappa shape index (κ1) is 22.0. The minimum atomic E-state index is -0.0363. The fourth-order valence-electron chi connectivity index (χ4n) is 2.55.